The molecular formula is C14H25NO4. The van der Waals surface area contributed by atoms with Crippen LogP contribution in [0, 0.1) is 5.92 Å². The standard InChI is InChI=1S/C14H25NO4/c1-5-9-15(13(18)19-14(2,3)4)11(12(16)17)10-7-6-8-10/h10-11H,5-9H2,1-4H3,(H,16,17). The molecule has 0 spiro atoms. The van der Waals surface area contributed by atoms with Gasteiger partial charge in [-0.15, -0.1) is 0 Å². The summed E-state index contributed by atoms with van der Waals surface area (Å²) in [6, 6.07) is -0.747. The molecular weight excluding hydrogens is 246 g/mol. The van der Waals surface area contributed by atoms with Crippen molar-refractivity contribution in [2.45, 2.75) is 65.0 Å². The predicted molar refractivity (Wildman–Crippen MR) is 72.0 cm³/mol. The molecule has 1 fully saturated rings. The summed E-state index contributed by atoms with van der Waals surface area (Å²) < 4.78 is 5.33. The number of hydrogen-bond donors (Lipinski definition) is 1. The lowest BCUT2D eigenvalue weighted by Gasteiger charge is -2.38. The Kier molecular flexibility index (Phi) is 5.20. The van der Waals surface area contributed by atoms with Gasteiger partial charge in [0.2, 0.25) is 0 Å². The molecule has 0 saturated heterocycles. The summed E-state index contributed by atoms with van der Waals surface area (Å²) in [5, 5.41) is 9.40. The van der Waals surface area contributed by atoms with E-state index in [4.69, 9.17) is 4.74 Å². The van der Waals surface area contributed by atoms with E-state index in [1.54, 1.807) is 20.8 Å². The highest BCUT2D eigenvalue weighted by Gasteiger charge is 2.40. The van der Waals surface area contributed by atoms with Gasteiger partial charge in [-0.2, -0.15) is 0 Å². The minimum Gasteiger partial charge on any atom is -0.480 e. The molecule has 19 heavy (non-hydrogen) atoms. The Morgan fingerprint density at radius 3 is 2.26 bits per heavy atom. The van der Waals surface area contributed by atoms with Crippen LogP contribution >= 0.6 is 0 Å². The van der Waals surface area contributed by atoms with Crippen molar-refractivity contribution in [1.82, 2.24) is 4.90 Å². The number of ether oxygens (including phenoxy) is 1. The van der Waals surface area contributed by atoms with Crippen LogP contribution in [0.3, 0.4) is 0 Å². The topological polar surface area (TPSA) is 66.8 Å². The van der Waals surface area contributed by atoms with E-state index < -0.39 is 23.7 Å². The van der Waals surface area contributed by atoms with Gasteiger partial charge in [0.15, 0.2) is 0 Å². The molecule has 1 aliphatic rings. The van der Waals surface area contributed by atoms with E-state index in [9.17, 15) is 14.7 Å². The van der Waals surface area contributed by atoms with Gasteiger partial charge in [0.25, 0.3) is 0 Å². The molecule has 110 valence electrons. The largest absolute Gasteiger partial charge is 0.480 e. The summed E-state index contributed by atoms with van der Waals surface area (Å²) >= 11 is 0. The highest BCUT2D eigenvalue weighted by molar-refractivity contribution is 5.80. The maximum Gasteiger partial charge on any atom is 0.411 e. The molecule has 1 amide bonds. The average Bonchev–Trinajstić information content (AvgIpc) is 2.17. The summed E-state index contributed by atoms with van der Waals surface area (Å²) in [6.07, 6.45) is 2.99. The molecule has 1 N–H and O–H groups in total. The van der Waals surface area contributed by atoms with Gasteiger partial charge in [-0.25, -0.2) is 9.59 Å². The highest BCUT2D eigenvalue weighted by atomic mass is 16.6. The van der Waals surface area contributed by atoms with E-state index in [1.807, 2.05) is 6.92 Å². The Balaban J connectivity index is 2.83. The van der Waals surface area contributed by atoms with Crippen molar-refractivity contribution in [3.05, 3.63) is 0 Å². The molecule has 5 heteroatoms. The number of carbonyl (C=O) groups is 2. The van der Waals surface area contributed by atoms with Crippen LogP contribution in [0.2, 0.25) is 0 Å². The number of hydrogen-bond acceptors (Lipinski definition) is 3. The third-order valence-corrected chi connectivity index (χ3v) is 3.28. The van der Waals surface area contributed by atoms with Crippen molar-refractivity contribution in [2.75, 3.05) is 6.54 Å². The van der Waals surface area contributed by atoms with Crippen molar-refractivity contribution in [1.29, 1.82) is 0 Å². The maximum atomic E-state index is 12.2. The van der Waals surface area contributed by atoms with Crippen LogP contribution in [0.25, 0.3) is 0 Å². The summed E-state index contributed by atoms with van der Waals surface area (Å²) in [6.45, 7) is 7.70. The molecule has 1 aliphatic carbocycles. The number of carboxylic acids is 1. The van der Waals surface area contributed by atoms with Crippen LogP contribution < -0.4 is 0 Å². The number of nitrogens with zero attached hydrogens (tertiary/aromatic N) is 1. The molecule has 1 unspecified atom stereocenters. The van der Waals surface area contributed by atoms with Crippen LogP contribution in [0.15, 0.2) is 0 Å². The molecule has 0 bridgehead atoms. The van der Waals surface area contributed by atoms with Crippen molar-refractivity contribution >= 4 is 12.1 Å². The van der Waals surface area contributed by atoms with Crippen molar-refractivity contribution < 1.29 is 19.4 Å². The minimum atomic E-state index is -0.927. The Morgan fingerprint density at radius 1 is 1.37 bits per heavy atom. The number of aliphatic carboxylic acids is 1. The monoisotopic (exact) mass is 271 g/mol. The van der Waals surface area contributed by atoms with Crippen LogP contribution in [-0.4, -0.2) is 40.3 Å². The maximum absolute atomic E-state index is 12.2. The van der Waals surface area contributed by atoms with E-state index in [0.717, 1.165) is 25.7 Å². The van der Waals surface area contributed by atoms with Gasteiger partial charge < -0.3 is 9.84 Å². The second kappa shape index (κ2) is 6.26. The van der Waals surface area contributed by atoms with Crippen molar-refractivity contribution in [3.8, 4) is 0 Å². The Bertz CT molecular complexity index is 331. The first-order chi connectivity index (χ1) is 8.76. The number of carboxylic acid groups (broad SMARTS) is 1. The lowest BCUT2D eigenvalue weighted by atomic mass is 9.79. The fourth-order valence-corrected chi connectivity index (χ4v) is 2.25. The predicted octanol–water partition coefficient (Wildman–Crippen LogP) is 2.89. The first kappa shape index (κ1) is 15.8. The summed E-state index contributed by atoms with van der Waals surface area (Å²) in [5.41, 5.74) is -0.605. The molecule has 1 rings (SSSR count). The molecule has 0 heterocycles. The van der Waals surface area contributed by atoms with E-state index >= 15 is 0 Å². The van der Waals surface area contributed by atoms with Crippen molar-refractivity contribution in [3.63, 3.8) is 0 Å². The lowest BCUT2D eigenvalue weighted by molar-refractivity contribution is -0.146. The van der Waals surface area contributed by atoms with Crippen LogP contribution in [0.5, 0.6) is 0 Å². The van der Waals surface area contributed by atoms with E-state index in [1.165, 1.54) is 4.90 Å². The van der Waals surface area contributed by atoms with Gasteiger partial charge in [0.1, 0.15) is 11.6 Å². The zero-order chi connectivity index (χ0) is 14.6. The van der Waals surface area contributed by atoms with E-state index in [2.05, 4.69) is 0 Å². The molecule has 0 radical (unpaired) electrons. The van der Waals surface area contributed by atoms with E-state index in [0.29, 0.717) is 6.54 Å². The van der Waals surface area contributed by atoms with Gasteiger partial charge in [-0.3, -0.25) is 4.90 Å². The molecule has 5 nitrogen and oxygen atoms in total. The molecule has 1 atom stereocenters. The fourth-order valence-electron chi connectivity index (χ4n) is 2.25. The molecule has 0 aromatic carbocycles. The SMILES string of the molecule is CCCN(C(=O)OC(C)(C)C)C(C(=O)O)C1CCC1. The molecule has 0 aliphatic heterocycles. The summed E-state index contributed by atoms with van der Waals surface area (Å²) in [7, 11) is 0. The van der Waals surface area contributed by atoms with Crippen LogP contribution in [-0.2, 0) is 9.53 Å². The summed E-state index contributed by atoms with van der Waals surface area (Å²) in [4.78, 5) is 25.0. The van der Waals surface area contributed by atoms with E-state index in [-0.39, 0.29) is 5.92 Å². The Morgan fingerprint density at radius 2 is 1.95 bits per heavy atom. The van der Waals surface area contributed by atoms with Crippen LogP contribution in [0.1, 0.15) is 53.4 Å². The smallest absolute Gasteiger partial charge is 0.411 e. The number of amides is 1. The van der Waals surface area contributed by atoms with Gasteiger partial charge in [0.05, 0.1) is 0 Å². The zero-order valence-electron chi connectivity index (χ0n) is 12.3. The second-order valence-electron chi connectivity index (χ2n) is 6.15. The normalized spacial score (nSPS) is 17.5. The fraction of sp³-hybridized carbons (Fsp3) is 0.857. The van der Waals surface area contributed by atoms with Gasteiger partial charge in [-0.05, 0) is 46.0 Å². The first-order valence-electron chi connectivity index (χ1n) is 6.98. The highest BCUT2D eigenvalue weighted by Crippen LogP contribution is 2.33. The van der Waals surface area contributed by atoms with Crippen LogP contribution in [0.4, 0.5) is 4.79 Å². The molecule has 0 aromatic heterocycles. The van der Waals surface area contributed by atoms with Crippen molar-refractivity contribution in [2.24, 2.45) is 5.92 Å². The number of rotatable bonds is 5. The third kappa shape index (κ3) is 4.40. The quantitative estimate of drug-likeness (QED) is 0.835. The molecule has 1 saturated carbocycles. The first-order valence-corrected chi connectivity index (χ1v) is 6.98. The average molecular weight is 271 g/mol. The zero-order valence-corrected chi connectivity index (χ0v) is 12.3. The second-order valence-corrected chi connectivity index (χ2v) is 6.15. The Hall–Kier alpha value is -1.26. The minimum absolute atomic E-state index is 0.0663. The summed E-state index contributed by atoms with van der Waals surface area (Å²) in [5.74, 6) is -0.861. The number of carbonyl (C=O) groups excluding carboxylic acids is 1. The van der Waals surface area contributed by atoms with Gasteiger partial charge >= 0.3 is 12.1 Å². The molecule has 0 aromatic rings. The third-order valence-electron chi connectivity index (χ3n) is 3.28. The lowest BCUT2D eigenvalue weighted by Crippen LogP contribution is -2.52. The van der Waals surface area contributed by atoms with Gasteiger partial charge in [-0.1, -0.05) is 13.3 Å². The van der Waals surface area contributed by atoms with Gasteiger partial charge in [0, 0.05) is 6.54 Å². The Labute approximate surface area is 114 Å².